The smallest absolute Gasteiger partial charge is 0.292 e. The van der Waals surface area contributed by atoms with E-state index in [0.29, 0.717) is 6.54 Å². The summed E-state index contributed by atoms with van der Waals surface area (Å²) < 4.78 is 5.29. The molecule has 0 atom stereocenters. The summed E-state index contributed by atoms with van der Waals surface area (Å²) in [6, 6.07) is 0.211. The van der Waals surface area contributed by atoms with Crippen molar-refractivity contribution in [2.75, 3.05) is 12.3 Å². The minimum Gasteiger partial charge on any atom is -0.427 e. The van der Waals surface area contributed by atoms with E-state index >= 15 is 0 Å². The predicted octanol–water partition coefficient (Wildman–Crippen LogP) is 0.942. The van der Waals surface area contributed by atoms with Crippen molar-refractivity contribution < 1.29 is 9.21 Å². The number of fused-ring (bicyclic) bond motifs is 1. The second-order valence-electron chi connectivity index (χ2n) is 4.56. The van der Waals surface area contributed by atoms with E-state index in [2.05, 4.69) is 4.98 Å². The Morgan fingerprint density at radius 1 is 1.50 bits per heavy atom. The van der Waals surface area contributed by atoms with E-state index in [1.165, 1.54) is 6.42 Å². The van der Waals surface area contributed by atoms with Gasteiger partial charge in [0.2, 0.25) is 5.91 Å². The lowest BCUT2D eigenvalue weighted by Gasteiger charge is -2.32. The first-order chi connectivity index (χ1) is 7.74. The Bertz CT molecular complexity index is 423. The van der Waals surface area contributed by atoms with Gasteiger partial charge in [-0.2, -0.15) is 4.98 Å². The maximum atomic E-state index is 12.0. The topological polar surface area (TPSA) is 72.4 Å². The van der Waals surface area contributed by atoms with Crippen molar-refractivity contribution in [3.05, 3.63) is 11.5 Å². The largest absolute Gasteiger partial charge is 0.427 e. The molecule has 1 aromatic rings. The summed E-state index contributed by atoms with van der Waals surface area (Å²) in [6.45, 7) is 1.28. The van der Waals surface area contributed by atoms with Crippen molar-refractivity contribution >= 4 is 11.9 Å². The zero-order valence-corrected chi connectivity index (χ0v) is 9.11. The maximum absolute atomic E-state index is 12.0. The number of anilines is 1. The number of carbonyl (C=O) groups excluding carboxylic acids is 1. The van der Waals surface area contributed by atoms with Crippen LogP contribution < -0.4 is 5.73 Å². The zero-order valence-electron chi connectivity index (χ0n) is 9.11. The number of aromatic nitrogens is 1. The van der Waals surface area contributed by atoms with Crippen LogP contribution in [-0.4, -0.2) is 22.3 Å². The Morgan fingerprint density at radius 2 is 2.31 bits per heavy atom. The van der Waals surface area contributed by atoms with Gasteiger partial charge in [-0.05, 0) is 12.8 Å². The molecule has 0 aromatic carbocycles. The molecule has 2 heterocycles. The number of rotatable bonds is 1. The summed E-state index contributed by atoms with van der Waals surface area (Å²) in [5.41, 5.74) is 6.41. The molecule has 1 aliphatic heterocycles. The first-order valence-electron chi connectivity index (χ1n) is 5.77. The second kappa shape index (κ2) is 3.50. The molecule has 0 saturated heterocycles. The fraction of sp³-hybridized carbons (Fsp3) is 0.636. The van der Waals surface area contributed by atoms with E-state index in [1.54, 1.807) is 0 Å². The Balaban J connectivity index is 1.74. The van der Waals surface area contributed by atoms with Crippen LogP contribution in [-0.2, 0) is 17.8 Å². The van der Waals surface area contributed by atoms with Crippen LogP contribution in [0, 0.1) is 5.92 Å². The van der Waals surface area contributed by atoms with E-state index in [0.717, 1.165) is 37.3 Å². The lowest BCUT2D eigenvalue weighted by molar-refractivity contribution is -0.139. The van der Waals surface area contributed by atoms with Gasteiger partial charge in [0.1, 0.15) is 5.76 Å². The number of hydrogen-bond donors (Lipinski definition) is 1. The molecule has 1 aliphatic carbocycles. The van der Waals surface area contributed by atoms with Crippen molar-refractivity contribution in [1.82, 2.24) is 9.88 Å². The van der Waals surface area contributed by atoms with E-state index in [-0.39, 0.29) is 17.8 Å². The summed E-state index contributed by atoms with van der Waals surface area (Å²) in [4.78, 5) is 18.0. The maximum Gasteiger partial charge on any atom is 0.292 e. The van der Waals surface area contributed by atoms with Gasteiger partial charge in [0, 0.05) is 18.9 Å². The minimum atomic E-state index is 0.211. The molecule has 1 saturated carbocycles. The molecular formula is C11H15N3O2. The van der Waals surface area contributed by atoms with Gasteiger partial charge in [-0.3, -0.25) is 4.79 Å². The molecule has 3 rings (SSSR count). The van der Waals surface area contributed by atoms with Crippen LogP contribution in [0.4, 0.5) is 6.01 Å². The van der Waals surface area contributed by atoms with Crippen LogP contribution in [0.25, 0.3) is 0 Å². The van der Waals surface area contributed by atoms with Gasteiger partial charge in [0.15, 0.2) is 0 Å². The lowest BCUT2D eigenvalue weighted by atomic mass is 9.84. The van der Waals surface area contributed by atoms with Crippen LogP contribution in [0.15, 0.2) is 4.42 Å². The number of carbonyl (C=O) groups is 1. The Labute approximate surface area is 93.6 Å². The summed E-state index contributed by atoms with van der Waals surface area (Å²) in [5, 5.41) is 0. The summed E-state index contributed by atoms with van der Waals surface area (Å²) in [6.07, 6.45) is 4.03. The highest BCUT2D eigenvalue weighted by molar-refractivity contribution is 5.79. The van der Waals surface area contributed by atoms with E-state index in [4.69, 9.17) is 10.2 Å². The van der Waals surface area contributed by atoms with E-state index < -0.39 is 0 Å². The van der Waals surface area contributed by atoms with E-state index in [1.807, 2.05) is 4.90 Å². The summed E-state index contributed by atoms with van der Waals surface area (Å²) in [7, 11) is 0. The fourth-order valence-electron chi connectivity index (χ4n) is 2.32. The third-order valence-electron chi connectivity index (χ3n) is 3.51. The third-order valence-corrected chi connectivity index (χ3v) is 3.51. The Kier molecular flexibility index (Phi) is 2.12. The normalized spacial score (nSPS) is 20.4. The molecule has 1 aromatic heterocycles. The minimum absolute atomic E-state index is 0.211. The Hall–Kier alpha value is -1.52. The number of nitrogens with zero attached hydrogens (tertiary/aromatic N) is 2. The van der Waals surface area contributed by atoms with Gasteiger partial charge in [-0.15, -0.1) is 0 Å². The fourth-order valence-corrected chi connectivity index (χ4v) is 2.32. The molecule has 0 bridgehead atoms. The van der Waals surface area contributed by atoms with E-state index in [9.17, 15) is 4.79 Å². The SMILES string of the molecule is Nc1nc2c(o1)CN(C(=O)C1CCC1)CC2. The molecule has 5 heteroatoms. The van der Waals surface area contributed by atoms with Crippen LogP contribution in [0.3, 0.4) is 0 Å². The predicted molar refractivity (Wildman–Crippen MR) is 57.4 cm³/mol. The highest BCUT2D eigenvalue weighted by Gasteiger charge is 2.32. The number of oxazole rings is 1. The molecule has 1 fully saturated rings. The zero-order chi connectivity index (χ0) is 11.1. The number of hydrogen-bond acceptors (Lipinski definition) is 4. The molecule has 2 aliphatic rings. The van der Waals surface area contributed by atoms with Crippen LogP contribution in [0.5, 0.6) is 0 Å². The monoisotopic (exact) mass is 221 g/mol. The quantitative estimate of drug-likeness (QED) is 0.766. The molecule has 2 N–H and O–H groups in total. The number of nitrogen functional groups attached to an aromatic ring is 1. The number of amides is 1. The van der Waals surface area contributed by atoms with Crippen molar-refractivity contribution in [1.29, 1.82) is 0 Å². The van der Waals surface area contributed by atoms with Gasteiger partial charge in [0.05, 0.1) is 12.2 Å². The van der Waals surface area contributed by atoms with Crippen LogP contribution in [0.1, 0.15) is 30.7 Å². The van der Waals surface area contributed by atoms with Crippen LogP contribution in [0.2, 0.25) is 0 Å². The average Bonchev–Trinajstić information content (AvgIpc) is 2.53. The van der Waals surface area contributed by atoms with Gasteiger partial charge >= 0.3 is 0 Å². The van der Waals surface area contributed by atoms with Gasteiger partial charge in [-0.1, -0.05) is 6.42 Å². The first-order valence-corrected chi connectivity index (χ1v) is 5.77. The van der Waals surface area contributed by atoms with Crippen molar-refractivity contribution in [3.63, 3.8) is 0 Å². The molecule has 86 valence electrons. The second-order valence-corrected chi connectivity index (χ2v) is 4.56. The van der Waals surface area contributed by atoms with Gasteiger partial charge < -0.3 is 15.1 Å². The van der Waals surface area contributed by atoms with Gasteiger partial charge in [-0.25, -0.2) is 0 Å². The molecular weight excluding hydrogens is 206 g/mol. The average molecular weight is 221 g/mol. The van der Waals surface area contributed by atoms with Gasteiger partial charge in [0.25, 0.3) is 6.01 Å². The lowest BCUT2D eigenvalue weighted by Crippen LogP contribution is -2.41. The highest BCUT2D eigenvalue weighted by Crippen LogP contribution is 2.30. The van der Waals surface area contributed by atoms with Crippen molar-refractivity contribution in [2.45, 2.75) is 32.2 Å². The highest BCUT2D eigenvalue weighted by atomic mass is 16.4. The molecule has 0 radical (unpaired) electrons. The molecule has 0 spiro atoms. The standard InChI is InChI=1S/C11H15N3O2/c12-11-13-8-4-5-14(6-9(8)16-11)10(15)7-2-1-3-7/h7H,1-6H2,(H2,12,13). The number of nitrogens with two attached hydrogens (primary N) is 1. The summed E-state index contributed by atoms with van der Waals surface area (Å²) >= 11 is 0. The Morgan fingerprint density at radius 3 is 3.00 bits per heavy atom. The third kappa shape index (κ3) is 1.47. The molecule has 0 unspecified atom stereocenters. The summed E-state index contributed by atoms with van der Waals surface area (Å²) in [5.74, 6) is 1.28. The van der Waals surface area contributed by atoms with Crippen LogP contribution >= 0.6 is 0 Å². The molecule has 1 amide bonds. The first kappa shape index (κ1) is 9.69. The molecule has 5 nitrogen and oxygen atoms in total. The molecule has 16 heavy (non-hydrogen) atoms. The van der Waals surface area contributed by atoms with Crippen molar-refractivity contribution in [3.8, 4) is 0 Å². The van der Waals surface area contributed by atoms with Crippen molar-refractivity contribution in [2.24, 2.45) is 5.92 Å².